The molecule has 1 radical (unpaired) electrons. The van der Waals surface area contributed by atoms with Crippen LogP contribution in [0.15, 0.2) is 39.7 Å². The van der Waals surface area contributed by atoms with E-state index in [0.717, 1.165) is 0 Å². The van der Waals surface area contributed by atoms with Crippen LogP contribution in [0.2, 0.25) is 0 Å². The Morgan fingerprint density at radius 3 is 2.85 bits per heavy atom. The predicted molar refractivity (Wildman–Crippen MR) is 51.7 cm³/mol. The zero-order valence-electron chi connectivity index (χ0n) is 6.66. The first-order chi connectivity index (χ1) is 6.33. The highest BCUT2D eigenvalue weighted by molar-refractivity contribution is 6.25. The molecule has 0 spiro atoms. The number of benzene rings is 1. The van der Waals surface area contributed by atoms with E-state index in [0.29, 0.717) is 16.5 Å². The van der Waals surface area contributed by atoms with E-state index in [1.165, 1.54) is 12.1 Å². The molecule has 2 nitrogen and oxygen atoms in total. The second kappa shape index (κ2) is 3.23. The lowest BCUT2D eigenvalue weighted by Crippen LogP contribution is -2.05. The monoisotopic (exact) mass is 193 g/mol. The van der Waals surface area contributed by atoms with Gasteiger partial charge in [-0.3, -0.25) is 4.79 Å². The SMILES string of the molecule is O=c1c([CH]Cl)coc2ccccc12. The normalized spacial score (nSPS) is 10.5. The fourth-order valence-corrected chi connectivity index (χ4v) is 1.32. The maximum absolute atomic E-state index is 11.6. The van der Waals surface area contributed by atoms with Crippen LogP contribution in [-0.2, 0) is 0 Å². The number of fused-ring (bicyclic) bond motifs is 1. The first-order valence-electron chi connectivity index (χ1n) is 3.77. The van der Waals surface area contributed by atoms with Crippen molar-refractivity contribution in [3.8, 4) is 0 Å². The topological polar surface area (TPSA) is 30.2 Å². The van der Waals surface area contributed by atoms with E-state index in [1.807, 2.05) is 6.07 Å². The van der Waals surface area contributed by atoms with Gasteiger partial charge >= 0.3 is 0 Å². The van der Waals surface area contributed by atoms with Crippen molar-refractivity contribution in [1.29, 1.82) is 0 Å². The van der Waals surface area contributed by atoms with Gasteiger partial charge in [0.15, 0.2) is 5.43 Å². The first-order valence-corrected chi connectivity index (χ1v) is 4.20. The zero-order chi connectivity index (χ0) is 9.26. The number of para-hydroxylation sites is 1. The lowest BCUT2D eigenvalue weighted by Gasteiger charge is -1.96. The van der Waals surface area contributed by atoms with Crippen LogP contribution >= 0.6 is 11.6 Å². The van der Waals surface area contributed by atoms with Gasteiger partial charge < -0.3 is 4.42 Å². The molecule has 0 fully saturated rings. The third-order valence-corrected chi connectivity index (χ3v) is 2.06. The average molecular weight is 194 g/mol. The summed E-state index contributed by atoms with van der Waals surface area (Å²) in [5.41, 5.74) is 0.854. The van der Waals surface area contributed by atoms with Crippen LogP contribution in [0, 0.1) is 5.88 Å². The molecule has 0 unspecified atom stereocenters. The molecule has 2 rings (SSSR count). The molecule has 1 aromatic carbocycles. The fraction of sp³-hybridized carbons (Fsp3) is 0. The second-order valence-electron chi connectivity index (χ2n) is 2.63. The van der Waals surface area contributed by atoms with Gasteiger partial charge in [-0.05, 0) is 12.1 Å². The highest BCUT2D eigenvalue weighted by atomic mass is 35.5. The standard InChI is InChI=1S/C10H6ClO2/c11-5-7-6-13-9-4-2-1-3-8(9)10(7)12/h1-6H. The largest absolute Gasteiger partial charge is 0.464 e. The Morgan fingerprint density at radius 1 is 1.31 bits per heavy atom. The Kier molecular flexibility index (Phi) is 2.07. The van der Waals surface area contributed by atoms with Crippen LogP contribution in [0.25, 0.3) is 11.0 Å². The van der Waals surface area contributed by atoms with E-state index < -0.39 is 0 Å². The molecule has 1 heterocycles. The van der Waals surface area contributed by atoms with Crippen LogP contribution < -0.4 is 5.43 Å². The van der Waals surface area contributed by atoms with E-state index >= 15 is 0 Å². The Hall–Kier alpha value is -1.28. The summed E-state index contributed by atoms with van der Waals surface area (Å²) < 4.78 is 5.20. The quantitative estimate of drug-likeness (QED) is 0.697. The molecular weight excluding hydrogens is 188 g/mol. The van der Waals surface area contributed by atoms with Crippen LogP contribution in [0.5, 0.6) is 0 Å². The molecule has 3 heteroatoms. The molecule has 0 saturated heterocycles. The smallest absolute Gasteiger partial charge is 0.197 e. The summed E-state index contributed by atoms with van der Waals surface area (Å²) in [6.07, 6.45) is 1.36. The first kappa shape index (κ1) is 8.32. The van der Waals surface area contributed by atoms with Gasteiger partial charge in [-0.15, -0.1) is 11.6 Å². The fourth-order valence-electron chi connectivity index (χ4n) is 1.17. The van der Waals surface area contributed by atoms with Crippen molar-refractivity contribution in [2.75, 3.05) is 0 Å². The summed E-state index contributed by atoms with van der Waals surface area (Å²) in [7, 11) is 0. The minimum atomic E-state index is -0.100. The molecule has 0 atom stereocenters. The molecule has 1 aromatic heterocycles. The van der Waals surface area contributed by atoms with Gasteiger partial charge in [0.05, 0.1) is 23.1 Å². The summed E-state index contributed by atoms with van der Waals surface area (Å²) in [5.74, 6) is 1.22. The Bertz CT molecular complexity index is 487. The van der Waals surface area contributed by atoms with E-state index in [1.54, 1.807) is 18.2 Å². The van der Waals surface area contributed by atoms with E-state index in [-0.39, 0.29) is 5.43 Å². The van der Waals surface area contributed by atoms with Crippen molar-refractivity contribution in [2.45, 2.75) is 0 Å². The molecule has 0 N–H and O–H groups in total. The lowest BCUT2D eigenvalue weighted by molar-refractivity contribution is 0.599. The Labute approximate surface area is 79.7 Å². The van der Waals surface area contributed by atoms with Gasteiger partial charge in [-0.1, -0.05) is 12.1 Å². The summed E-state index contributed by atoms with van der Waals surface area (Å²) in [6, 6.07) is 7.06. The Morgan fingerprint density at radius 2 is 2.08 bits per heavy atom. The maximum Gasteiger partial charge on any atom is 0.197 e. The minimum absolute atomic E-state index is 0.100. The highest BCUT2D eigenvalue weighted by Crippen LogP contribution is 2.11. The van der Waals surface area contributed by atoms with Gasteiger partial charge in [0.25, 0.3) is 0 Å². The molecule has 0 amide bonds. The van der Waals surface area contributed by atoms with Gasteiger partial charge in [0.2, 0.25) is 0 Å². The minimum Gasteiger partial charge on any atom is -0.464 e. The molecular formula is C10H6ClO2. The highest BCUT2D eigenvalue weighted by Gasteiger charge is 2.04. The van der Waals surface area contributed by atoms with Crippen molar-refractivity contribution < 1.29 is 4.42 Å². The maximum atomic E-state index is 11.6. The van der Waals surface area contributed by atoms with Crippen molar-refractivity contribution in [2.24, 2.45) is 0 Å². The summed E-state index contributed by atoms with van der Waals surface area (Å²) in [5, 5.41) is 0.553. The average Bonchev–Trinajstić information content (AvgIpc) is 2.19. The van der Waals surface area contributed by atoms with Crippen LogP contribution in [0.1, 0.15) is 5.56 Å². The van der Waals surface area contributed by atoms with Gasteiger partial charge in [-0.2, -0.15) is 0 Å². The van der Waals surface area contributed by atoms with Gasteiger partial charge in [0, 0.05) is 0 Å². The molecule has 13 heavy (non-hydrogen) atoms. The van der Waals surface area contributed by atoms with E-state index in [2.05, 4.69) is 0 Å². The summed E-state index contributed by atoms with van der Waals surface area (Å²) in [6.45, 7) is 0. The van der Waals surface area contributed by atoms with Crippen LogP contribution in [0.3, 0.4) is 0 Å². The molecule has 0 aliphatic heterocycles. The number of rotatable bonds is 1. The Balaban J connectivity index is 2.87. The van der Waals surface area contributed by atoms with Crippen molar-refractivity contribution in [3.63, 3.8) is 0 Å². The van der Waals surface area contributed by atoms with E-state index in [9.17, 15) is 4.79 Å². The molecule has 2 aromatic rings. The van der Waals surface area contributed by atoms with Crippen LogP contribution in [-0.4, -0.2) is 0 Å². The lowest BCUT2D eigenvalue weighted by atomic mass is 10.2. The number of halogens is 1. The predicted octanol–water partition coefficient (Wildman–Crippen LogP) is 2.54. The zero-order valence-corrected chi connectivity index (χ0v) is 7.41. The number of hydrogen-bond acceptors (Lipinski definition) is 2. The number of hydrogen-bond donors (Lipinski definition) is 0. The molecule has 0 aliphatic carbocycles. The second-order valence-corrected chi connectivity index (χ2v) is 2.84. The molecule has 0 aliphatic rings. The van der Waals surface area contributed by atoms with Gasteiger partial charge in [-0.25, -0.2) is 0 Å². The van der Waals surface area contributed by atoms with Crippen LogP contribution in [0.4, 0.5) is 0 Å². The summed E-state index contributed by atoms with van der Waals surface area (Å²) >= 11 is 5.45. The van der Waals surface area contributed by atoms with Crippen molar-refractivity contribution in [1.82, 2.24) is 0 Å². The third kappa shape index (κ3) is 1.33. The van der Waals surface area contributed by atoms with Crippen molar-refractivity contribution in [3.05, 3.63) is 52.2 Å². The molecule has 0 saturated carbocycles. The van der Waals surface area contributed by atoms with Gasteiger partial charge in [0.1, 0.15) is 5.58 Å². The molecule has 65 valence electrons. The molecule has 0 bridgehead atoms. The summed E-state index contributed by atoms with van der Waals surface area (Å²) in [4.78, 5) is 11.6. The third-order valence-electron chi connectivity index (χ3n) is 1.82. The van der Waals surface area contributed by atoms with Crippen molar-refractivity contribution >= 4 is 22.6 Å². The van der Waals surface area contributed by atoms with E-state index in [4.69, 9.17) is 16.0 Å².